The molecule has 534 valence electrons. The van der Waals surface area contributed by atoms with Crippen LogP contribution < -0.4 is 0 Å². The molecule has 0 radical (unpaired) electrons. The molecule has 0 spiro atoms. The monoisotopic (exact) mass is 1310 g/mol. The lowest BCUT2D eigenvalue weighted by Gasteiger charge is -2.06. The van der Waals surface area contributed by atoms with Crippen molar-refractivity contribution < 1.29 is 0 Å². The van der Waals surface area contributed by atoms with Crippen molar-refractivity contribution >= 4 is 43.6 Å². The van der Waals surface area contributed by atoms with Crippen molar-refractivity contribution in [1.82, 2.24) is 9.13 Å². The third-order valence-corrected chi connectivity index (χ3v) is 22.0. The Morgan fingerprint density at radius 1 is 0.198 bits per heavy atom. The van der Waals surface area contributed by atoms with Gasteiger partial charge in [0, 0.05) is 43.6 Å². The molecule has 0 unspecified atom stereocenters. The van der Waals surface area contributed by atoms with Gasteiger partial charge in [0.25, 0.3) is 0 Å². The molecule has 6 rings (SSSR count). The van der Waals surface area contributed by atoms with Crippen LogP contribution in [0.3, 0.4) is 0 Å². The number of aryl methyl sites for hydroxylation is 4. The summed E-state index contributed by atoms with van der Waals surface area (Å²) < 4.78 is 4.96. The second kappa shape index (κ2) is 54.4. The Kier molecular flexibility index (Phi) is 45.7. The molecule has 0 bridgehead atoms. The number of hydrogen-bond acceptors (Lipinski definition) is 0. The molecule has 96 heavy (non-hydrogen) atoms. The fourth-order valence-electron chi connectivity index (χ4n) is 15.8. The Labute approximate surface area is 594 Å². The zero-order valence-electron chi connectivity index (χ0n) is 63.7. The lowest BCUT2D eigenvalue weighted by Crippen LogP contribution is -1.96. The quantitative estimate of drug-likeness (QED) is 0.0266. The first-order chi connectivity index (χ1) is 47.6. The van der Waals surface area contributed by atoms with E-state index in [-0.39, 0.29) is 0 Å². The van der Waals surface area contributed by atoms with E-state index >= 15 is 0 Å². The number of nitrogens with zero attached hydrogens (tertiary/aromatic N) is 2. The maximum absolute atomic E-state index is 3.57. The van der Waals surface area contributed by atoms with Crippen LogP contribution in [0.1, 0.15) is 410 Å². The van der Waals surface area contributed by atoms with Gasteiger partial charge in [-0.05, 0) is 134 Å². The molecule has 0 fully saturated rings. The first-order valence-corrected chi connectivity index (χ1v) is 42.7. The van der Waals surface area contributed by atoms with Crippen molar-refractivity contribution in [3.05, 3.63) is 95.1 Å². The highest BCUT2D eigenvalue weighted by Gasteiger charge is 2.15. The van der Waals surface area contributed by atoms with Gasteiger partial charge in [-0.1, -0.05) is 398 Å². The lowest BCUT2D eigenvalue weighted by molar-refractivity contribution is 0.535. The molecule has 4 aromatic carbocycles. The van der Waals surface area contributed by atoms with Gasteiger partial charge in [-0.2, -0.15) is 0 Å². The van der Waals surface area contributed by atoms with Gasteiger partial charge >= 0.3 is 0 Å². The Hall–Kier alpha value is -4.40. The van der Waals surface area contributed by atoms with Gasteiger partial charge in [-0.15, -0.1) is 0 Å². The summed E-state index contributed by atoms with van der Waals surface area (Å²) in [5.41, 5.74) is 11.2. The average molecular weight is 1310 g/mol. The summed E-state index contributed by atoms with van der Waals surface area (Å²) in [6.45, 7) is 10.6. The van der Waals surface area contributed by atoms with E-state index in [1.54, 1.807) is 0 Å². The molecule has 0 aliphatic carbocycles. The summed E-state index contributed by atoms with van der Waals surface area (Å²) in [5, 5.41) is 5.61. The summed E-state index contributed by atoms with van der Waals surface area (Å²) >= 11 is 0. The summed E-state index contributed by atoms with van der Waals surface area (Å²) in [6, 6.07) is 29.5. The molecule has 0 saturated heterocycles. The Bertz CT molecular complexity index is 2620. The van der Waals surface area contributed by atoms with Gasteiger partial charge in [-0.25, -0.2) is 0 Å². The third-order valence-electron chi connectivity index (χ3n) is 22.0. The zero-order valence-corrected chi connectivity index (χ0v) is 63.7. The minimum atomic E-state index is 0.644. The minimum absolute atomic E-state index is 0.644. The van der Waals surface area contributed by atoms with E-state index in [1.807, 2.05) is 0 Å². The van der Waals surface area contributed by atoms with Crippen molar-refractivity contribution in [3.8, 4) is 23.7 Å². The van der Waals surface area contributed by atoms with Crippen molar-refractivity contribution in [3.63, 3.8) is 0 Å². The molecule has 0 N–H and O–H groups in total. The van der Waals surface area contributed by atoms with Crippen LogP contribution in [-0.2, 0) is 38.8 Å². The van der Waals surface area contributed by atoms with E-state index in [4.69, 9.17) is 0 Å². The topological polar surface area (TPSA) is 9.86 Å². The van der Waals surface area contributed by atoms with Crippen molar-refractivity contribution in [2.75, 3.05) is 0 Å². The summed E-state index contributed by atoms with van der Waals surface area (Å²) in [5.74, 6) is 13.9. The second-order valence-corrected chi connectivity index (χ2v) is 30.6. The standard InChI is InChI=1S/C94H148N2/c1-5-9-13-17-21-25-29-33-37-41-45-49-53-59-65-83-69-73-91-87(79-83)88-80-84(66-60-54-50-46-42-38-34-30-26-22-18-14-10-6-2)70-74-92(88)95(91)77-63-57-58-64-78-96-93-75-71-85(67-61-55-51-47-43-39-35-31-27-23-19-15-11-7-3)81-89(93)90-82-86(72-76-94(90)96)68-62-56-52-48-44-40-36-32-28-24-20-16-12-8-4/h69-76,79-82H,5-56,59-62,65-68,77-78H2,1-4H3. The fraction of sp³-hybridized carbons (Fsp3) is 0.702. The highest BCUT2D eigenvalue weighted by atomic mass is 15.0. The maximum atomic E-state index is 3.57. The number of aromatic nitrogens is 2. The van der Waals surface area contributed by atoms with E-state index in [0.29, 0.717) is 13.1 Å². The molecule has 2 nitrogen and oxygen atoms in total. The first-order valence-electron chi connectivity index (χ1n) is 42.7. The Morgan fingerprint density at radius 2 is 0.354 bits per heavy atom. The summed E-state index contributed by atoms with van der Waals surface area (Å²) in [6.07, 6.45) is 83.3. The van der Waals surface area contributed by atoms with Crippen LogP contribution in [0, 0.1) is 23.7 Å². The highest BCUT2D eigenvalue weighted by molar-refractivity contribution is 6.09. The Morgan fingerprint density at radius 3 is 0.521 bits per heavy atom. The van der Waals surface area contributed by atoms with Crippen molar-refractivity contribution in [2.24, 2.45) is 0 Å². The minimum Gasteiger partial charge on any atom is -0.329 e. The zero-order chi connectivity index (χ0) is 67.2. The van der Waals surface area contributed by atoms with Crippen LogP contribution in [0.25, 0.3) is 43.6 Å². The smallest absolute Gasteiger partial charge is 0.0853 e. The number of rotatable bonds is 62. The number of unbranched alkanes of at least 4 members (excludes halogenated alkanes) is 52. The molecule has 2 aromatic heterocycles. The van der Waals surface area contributed by atoms with Crippen molar-refractivity contribution in [2.45, 2.75) is 426 Å². The summed E-state index contributed by atoms with van der Waals surface area (Å²) in [4.78, 5) is 0. The third kappa shape index (κ3) is 33.6. The van der Waals surface area contributed by atoms with E-state index in [0.717, 1.165) is 0 Å². The molecule has 2 heterocycles. The molecule has 0 saturated carbocycles. The molecule has 2 heteroatoms. The van der Waals surface area contributed by atoms with Crippen LogP contribution in [-0.4, -0.2) is 9.13 Å². The number of hydrogen-bond donors (Lipinski definition) is 0. The second-order valence-electron chi connectivity index (χ2n) is 30.6. The number of benzene rings is 4. The SMILES string of the molecule is CCCCCCCCCCCCCCCCc1ccc2c(c1)c1cc(CCCCCCCCCCCCCCCC)ccc1n2CC#CC#CCn1c2ccc(CCCCCCCCCCCCCCCC)cc2c2cc(CCCCCCCCCCCCCCCC)ccc21. The molecular formula is C94H148N2. The van der Waals surface area contributed by atoms with Gasteiger partial charge in [0.05, 0.1) is 13.1 Å². The average Bonchev–Trinajstić information content (AvgIpc) is 1.59. The van der Waals surface area contributed by atoms with Crippen LogP contribution in [0.5, 0.6) is 0 Å². The van der Waals surface area contributed by atoms with Crippen LogP contribution >= 0.6 is 0 Å². The maximum Gasteiger partial charge on any atom is 0.0853 e. The van der Waals surface area contributed by atoms with E-state index < -0.39 is 0 Å². The van der Waals surface area contributed by atoms with Gasteiger partial charge in [0.2, 0.25) is 0 Å². The molecular weight excluding hydrogens is 1160 g/mol. The van der Waals surface area contributed by atoms with E-state index in [2.05, 4.69) is 133 Å². The molecule has 6 aromatic rings. The van der Waals surface area contributed by atoms with Crippen LogP contribution in [0.15, 0.2) is 72.8 Å². The molecule has 0 atom stereocenters. The predicted octanol–water partition coefficient (Wildman–Crippen LogP) is 30.7. The van der Waals surface area contributed by atoms with E-state index in [1.165, 1.54) is 451 Å². The molecule has 0 aliphatic rings. The summed E-state index contributed by atoms with van der Waals surface area (Å²) in [7, 11) is 0. The Balaban J connectivity index is 1.06. The first kappa shape index (κ1) is 80.6. The van der Waals surface area contributed by atoms with Crippen LogP contribution in [0.2, 0.25) is 0 Å². The fourth-order valence-corrected chi connectivity index (χ4v) is 15.8. The largest absolute Gasteiger partial charge is 0.329 e. The lowest BCUT2D eigenvalue weighted by atomic mass is 10.0. The van der Waals surface area contributed by atoms with Gasteiger partial charge in [0.1, 0.15) is 0 Å². The predicted molar refractivity (Wildman–Crippen MR) is 431 cm³/mol. The number of fused-ring (bicyclic) bond motifs is 6. The molecule has 0 aliphatic heterocycles. The van der Waals surface area contributed by atoms with Gasteiger partial charge in [-0.3, -0.25) is 0 Å². The van der Waals surface area contributed by atoms with Gasteiger partial charge < -0.3 is 9.13 Å². The van der Waals surface area contributed by atoms with Gasteiger partial charge in [0.15, 0.2) is 0 Å². The van der Waals surface area contributed by atoms with Crippen molar-refractivity contribution in [1.29, 1.82) is 0 Å². The normalized spacial score (nSPS) is 11.7. The van der Waals surface area contributed by atoms with E-state index in [9.17, 15) is 0 Å². The van der Waals surface area contributed by atoms with Crippen LogP contribution in [0.4, 0.5) is 0 Å². The molecule has 0 amide bonds. The highest BCUT2D eigenvalue weighted by Crippen LogP contribution is 2.34.